The molecule has 1 aliphatic carbocycles. The van der Waals surface area contributed by atoms with Gasteiger partial charge in [0.05, 0.1) is 6.04 Å². The van der Waals surface area contributed by atoms with Crippen LogP contribution >= 0.6 is 0 Å². The quantitative estimate of drug-likeness (QED) is 0.393. The second-order valence-electron chi connectivity index (χ2n) is 9.77. The third-order valence-corrected chi connectivity index (χ3v) is 7.85. The van der Waals surface area contributed by atoms with Gasteiger partial charge in [0.15, 0.2) is 5.65 Å². The van der Waals surface area contributed by atoms with Gasteiger partial charge in [-0.1, -0.05) is 54.6 Å². The summed E-state index contributed by atoms with van der Waals surface area (Å²) in [5.74, 6) is 0.0811. The van der Waals surface area contributed by atoms with Gasteiger partial charge in [0.2, 0.25) is 0 Å². The van der Waals surface area contributed by atoms with E-state index in [-0.39, 0.29) is 24.1 Å². The Kier molecular flexibility index (Phi) is 4.72. The lowest BCUT2D eigenvalue weighted by Gasteiger charge is -2.44. The number of piperidine rings is 1. The molecule has 1 amide bonds. The summed E-state index contributed by atoms with van der Waals surface area (Å²) >= 11 is 0. The predicted molar refractivity (Wildman–Crippen MR) is 134 cm³/mol. The van der Waals surface area contributed by atoms with Gasteiger partial charge in [-0.05, 0) is 71.2 Å². The van der Waals surface area contributed by atoms with E-state index in [1.807, 2.05) is 15.4 Å². The number of fused-ring (bicyclic) bond motifs is 6. The van der Waals surface area contributed by atoms with E-state index >= 15 is 0 Å². The van der Waals surface area contributed by atoms with Gasteiger partial charge in [-0.25, -0.2) is 4.79 Å². The lowest BCUT2D eigenvalue weighted by Crippen LogP contribution is -2.51. The highest BCUT2D eigenvalue weighted by atomic mass is 16.6. The predicted octanol–water partition coefficient (Wildman–Crippen LogP) is 5.69. The normalized spacial score (nSPS) is 20.9. The molecule has 7 rings (SSSR count). The van der Waals surface area contributed by atoms with Crippen molar-refractivity contribution in [3.63, 3.8) is 0 Å². The Morgan fingerprint density at radius 3 is 2.51 bits per heavy atom. The molecule has 2 aromatic carbocycles. The average molecular weight is 463 g/mol. The van der Waals surface area contributed by atoms with Crippen LogP contribution in [0.4, 0.5) is 4.79 Å². The molecule has 174 valence electrons. The van der Waals surface area contributed by atoms with Crippen LogP contribution in [0.15, 0.2) is 79.3 Å². The van der Waals surface area contributed by atoms with Gasteiger partial charge in [0.25, 0.3) is 0 Å². The van der Waals surface area contributed by atoms with Crippen LogP contribution in [0, 0.1) is 0 Å². The minimum absolute atomic E-state index is 0.0739. The van der Waals surface area contributed by atoms with E-state index in [0.717, 1.165) is 31.3 Å². The number of carbonyl (C=O) groups excluding carboxylic acids is 1. The Balaban J connectivity index is 1.12. The molecule has 2 aromatic heterocycles. The Bertz CT molecular complexity index is 1430. The molecule has 6 nitrogen and oxygen atoms in total. The summed E-state index contributed by atoms with van der Waals surface area (Å²) in [5, 5.41) is 8.09. The first-order valence-corrected chi connectivity index (χ1v) is 12.4. The van der Waals surface area contributed by atoms with Crippen molar-refractivity contribution < 1.29 is 9.53 Å². The molecule has 0 saturated carbocycles. The van der Waals surface area contributed by atoms with Gasteiger partial charge < -0.3 is 4.74 Å². The van der Waals surface area contributed by atoms with Gasteiger partial charge in [-0.15, -0.1) is 10.2 Å². The summed E-state index contributed by atoms with van der Waals surface area (Å²) in [6.07, 6.45) is 9.84. The van der Waals surface area contributed by atoms with Crippen molar-refractivity contribution in [2.24, 2.45) is 0 Å². The van der Waals surface area contributed by atoms with E-state index in [4.69, 9.17) is 4.74 Å². The highest BCUT2D eigenvalue weighted by Crippen LogP contribution is 2.45. The van der Waals surface area contributed by atoms with Gasteiger partial charge in [0.1, 0.15) is 12.9 Å². The Morgan fingerprint density at radius 1 is 0.971 bits per heavy atom. The minimum atomic E-state index is -0.189. The summed E-state index contributed by atoms with van der Waals surface area (Å²) in [5.41, 5.74) is 8.28. The Morgan fingerprint density at radius 2 is 1.74 bits per heavy atom. The fourth-order valence-corrected chi connectivity index (χ4v) is 6.21. The molecule has 1 saturated heterocycles. The number of amides is 1. The second-order valence-corrected chi connectivity index (χ2v) is 9.77. The molecular weight excluding hydrogens is 436 g/mol. The summed E-state index contributed by atoms with van der Waals surface area (Å²) < 4.78 is 7.99. The topological polar surface area (TPSA) is 59.7 Å². The molecule has 4 heterocycles. The first-order valence-electron chi connectivity index (χ1n) is 12.4. The van der Waals surface area contributed by atoms with Gasteiger partial charge in [-0.2, -0.15) is 0 Å². The zero-order valence-electron chi connectivity index (χ0n) is 19.4. The molecule has 2 unspecified atom stereocenters. The van der Waals surface area contributed by atoms with Crippen LogP contribution in [-0.2, 0) is 4.74 Å². The highest BCUT2D eigenvalue weighted by molar-refractivity contribution is 5.79. The molecule has 3 aliphatic rings. The minimum Gasteiger partial charge on any atom is -0.448 e. The van der Waals surface area contributed by atoms with Crippen molar-refractivity contribution in [3.05, 3.63) is 96.0 Å². The zero-order valence-corrected chi connectivity index (χ0v) is 19.4. The maximum atomic E-state index is 13.4. The number of aromatic nitrogens is 3. The number of carbonyl (C=O) groups is 1. The molecule has 1 fully saturated rings. The number of rotatable bonds is 3. The third-order valence-electron chi connectivity index (χ3n) is 7.85. The molecule has 4 aromatic rings. The second kappa shape index (κ2) is 8.08. The van der Waals surface area contributed by atoms with E-state index in [2.05, 4.69) is 77.1 Å². The van der Waals surface area contributed by atoms with Crippen molar-refractivity contribution in [1.82, 2.24) is 19.5 Å². The number of nitrogens with zero attached hydrogens (tertiary/aromatic N) is 4. The SMILES string of the molecule is O=C(OCC1c2ccccc2-c2ccccc21)N1C2C=C(c3ccc4nncn4c3)CC1CCC2. The lowest BCUT2D eigenvalue weighted by molar-refractivity contribution is 0.0539. The summed E-state index contributed by atoms with van der Waals surface area (Å²) in [6, 6.07) is 21.3. The van der Waals surface area contributed by atoms with E-state index in [1.165, 1.54) is 33.4 Å². The van der Waals surface area contributed by atoms with Gasteiger partial charge >= 0.3 is 6.09 Å². The van der Waals surface area contributed by atoms with Crippen LogP contribution in [0.2, 0.25) is 0 Å². The number of hydrogen-bond acceptors (Lipinski definition) is 4. The van der Waals surface area contributed by atoms with Gasteiger partial charge in [-0.3, -0.25) is 9.30 Å². The fraction of sp³-hybridized carbons (Fsp3) is 0.276. The van der Waals surface area contributed by atoms with Crippen molar-refractivity contribution in [1.29, 1.82) is 0 Å². The molecule has 2 aliphatic heterocycles. The maximum Gasteiger partial charge on any atom is 0.410 e. The molecule has 0 spiro atoms. The van der Waals surface area contributed by atoms with Crippen LogP contribution in [0.5, 0.6) is 0 Å². The molecule has 6 heteroatoms. The van der Waals surface area contributed by atoms with Crippen LogP contribution in [-0.4, -0.2) is 44.3 Å². The number of benzene rings is 2. The van der Waals surface area contributed by atoms with Crippen molar-refractivity contribution >= 4 is 17.3 Å². The Hall–Kier alpha value is -3.93. The first-order chi connectivity index (χ1) is 17.3. The molecule has 35 heavy (non-hydrogen) atoms. The summed E-state index contributed by atoms with van der Waals surface area (Å²) in [4.78, 5) is 15.4. The maximum absolute atomic E-state index is 13.4. The average Bonchev–Trinajstić information content (AvgIpc) is 3.48. The third kappa shape index (κ3) is 3.35. The standard InChI is InChI=1S/C29H26N4O2/c34-29(35-17-27-25-10-3-1-8-23(25)24-9-2-4-11-26(24)27)33-21-6-5-7-22(33)15-20(14-21)19-12-13-28-31-30-18-32(28)16-19/h1-4,8-14,16,18,21-22,27H,5-7,15,17H2. The van der Waals surface area contributed by atoms with Crippen LogP contribution in [0.3, 0.4) is 0 Å². The van der Waals surface area contributed by atoms with Crippen molar-refractivity contribution in [3.8, 4) is 11.1 Å². The van der Waals surface area contributed by atoms with Gasteiger partial charge in [0, 0.05) is 18.2 Å². The number of ether oxygens (including phenoxy) is 1. The Labute approximate surface area is 203 Å². The number of pyridine rings is 1. The lowest BCUT2D eigenvalue weighted by atomic mass is 9.83. The smallest absolute Gasteiger partial charge is 0.410 e. The van der Waals surface area contributed by atoms with Crippen LogP contribution in [0.25, 0.3) is 22.3 Å². The van der Waals surface area contributed by atoms with E-state index < -0.39 is 0 Å². The zero-order chi connectivity index (χ0) is 23.4. The molecule has 0 radical (unpaired) electrons. The van der Waals surface area contributed by atoms with Crippen LogP contribution in [0.1, 0.15) is 48.3 Å². The van der Waals surface area contributed by atoms with Crippen molar-refractivity contribution in [2.45, 2.75) is 43.7 Å². The molecule has 0 N–H and O–H groups in total. The molecular formula is C29H26N4O2. The van der Waals surface area contributed by atoms with Crippen molar-refractivity contribution in [2.75, 3.05) is 6.61 Å². The fourth-order valence-electron chi connectivity index (χ4n) is 6.21. The first kappa shape index (κ1) is 20.4. The van der Waals surface area contributed by atoms with E-state index in [9.17, 15) is 4.79 Å². The summed E-state index contributed by atoms with van der Waals surface area (Å²) in [7, 11) is 0. The number of hydrogen-bond donors (Lipinski definition) is 0. The largest absolute Gasteiger partial charge is 0.448 e. The van der Waals surface area contributed by atoms with Crippen LogP contribution < -0.4 is 0 Å². The molecule has 2 atom stereocenters. The van der Waals surface area contributed by atoms with E-state index in [1.54, 1.807) is 6.33 Å². The van der Waals surface area contributed by atoms with E-state index in [0.29, 0.717) is 6.61 Å². The molecule has 2 bridgehead atoms. The summed E-state index contributed by atoms with van der Waals surface area (Å²) in [6.45, 7) is 0.365. The monoisotopic (exact) mass is 462 g/mol. The highest BCUT2D eigenvalue weighted by Gasteiger charge is 2.39.